The number of nitrogens with zero attached hydrogens (tertiary/aromatic N) is 1. The molecule has 0 unspecified atom stereocenters. The molecule has 0 saturated heterocycles. The number of furan rings is 2. The van der Waals surface area contributed by atoms with Crippen molar-refractivity contribution < 1.29 is 8.83 Å². The Morgan fingerprint density at radius 3 is 1.21 bits per heavy atom. The van der Waals surface area contributed by atoms with E-state index in [0.717, 1.165) is 60.7 Å². The van der Waals surface area contributed by atoms with Crippen molar-refractivity contribution in [2.75, 3.05) is 0 Å². The Morgan fingerprint density at radius 2 is 0.589 bits per heavy atom. The lowest BCUT2D eigenvalue weighted by atomic mass is 9.83. The van der Waals surface area contributed by atoms with Gasteiger partial charge in [0, 0.05) is 49.1 Å². The first-order chi connectivity index (χ1) is 53.1. The second-order valence-corrected chi connectivity index (χ2v) is 28.3. The van der Waals surface area contributed by atoms with Crippen LogP contribution >= 0.6 is 0 Å². The zero-order valence-corrected chi connectivity index (χ0v) is 58.1. The summed E-state index contributed by atoms with van der Waals surface area (Å²) in [7, 11) is 0. The van der Waals surface area contributed by atoms with E-state index in [4.69, 9.17) is 8.83 Å². The predicted molar refractivity (Wildman–Crippen MR) is 454 cm³/mol. The Kier molecular flexibility index (Phi) is 13.7. The molecule has 3 aromatic heterocycles. The number of hydrogen-bond donors (Lipinski definition) is 0. The molecule has 107 heavy (non-hydrogen) atoms. The zero-order chi connectivity index (χ0) is 70.2. The summed E-state index contributed by atoms with van der Waals surface area (Å²) in [6, 6.07) is 139. The van der Waals surface area contributed by atoms with Crippen LogP contribution in [-0.4, -0.2) is 4.57 Å². The van der Waals surface area contributed by atoms with Crippen molar-refractivity contribution in [3.05, 3.63) is 382 Å². The van der Waals surface area contributed by atoms with Crippen LogP contribution in [0.5, 0.6) is 0 Å². The molecule has 3 heteroatoms. The Morgan fingerprint density at radius 1 is 0.178 bits per heavy atom. The molecule has 496 valence electrons. The van der Waals surface area contributed by atoms with Crippen LogP contribution in [0.25, 0.3) is 224 Å². The molecule has 23 rings (SSSR count). The van der Waals surface area contributed by atoms with Crippen LogP contribution in [-0.2, 0) is 0 Å². The lowest BCUT2D eigenvalue weighted by molar-refractivity contribution is 0.669. The van der Waals surface area contributed by atoms with Crippen LogP contribution < -0.4 is 0 Å². The quantitative estimate of drug-likeness (QED) is 0.118. The lowest BCUT2D eigenvalue weighted by Crippen LogP contribution is -1.92. The van der Waals surface area contributed by atoms with Crippen LogP contribution in [0, 0.1) is 0 Å². The van der Waals surface area contributed by atoms with Gasteiger partial charge in [0.2, 0.25) is 0 Å². The normalized spacial score (nSPS) is 11.9. The second kappa shape index (κ2) is 24.3. The summed E-state index contributed by atoms with van der Waals surface area (Å²) in [5.74, 6) is 0. The molecule has 0 bridgehead atoms. The van der Waals surface area contributed by atoms with Crippen molar-refractivity contribution in [2.24, 2.45) is 0 Å². The van der Waals surface area contributed by atoms with Gasteiger partial charge in [0.1, 0.15) is 22.3 Å². The van der Waals surface area contributed by atoms with E-state index >= 15 is 0 Å². The first kappa shape index (κ1) is 60.5. The molecule has 0 aliphatic heterocycles. The van der Waals surface area contributed by atoms with Gasteiger partial charge in [-0.05, 0) is 209 Å². The molecule has 0 spiro atoms. The third-order valence-corrected chi connectivity index (χ3v) is 22.6. The Hall–Kier alpha value is -14.1. The molecule has 20 aromatic carbocycles. The first-order valence-corrected chi connectivity index (χ1v) is 36.9. The van der Waals surface area contributed by atoms with Crippen molar-refractivity contribution >= 4 is 152 Å². The van der Waals surface area contributed by atoms with Crippen molar-refractivity contribution in [1.29, 1.82) is 0 Å². The van der Waals surface area contributed by atoms with E-state index < -0.39 is 0 Å². The smallest absolute Gasteiger partial charge is 0.143 e. The average molecular weight is 1360 g/mol. The van der Waals surface area contributed by atoms with Gasteiger partial charge in [-0.25, -0.2) is 0 Å². The van der Waals surface area contributed by atoms with E-state index in [1.165, 1.54) is 164 Å². The maximum Gasteiger partial charge on any atom is 0.143 e. The molecule has 0 radical (unpaired) electrons. The van der Waals surface area contributed by atoms with Crippen molar-refractivity contribution in [3.8, 4) is 72.4 Å². The monoisotopic (exact) mass is 1360 g/mol. The van der Waals surface area contributed by atoms with Gasteiger partial charge in [0.15, 0.2) is 0 Å². The zero-order valence-electron chi connectivity index (χ0n) is 58.1. The molecule has 23 aromatic rings. The highest BCUT2D eigenvalue weighted by Crippen LogP contribution is 2.52. The molecule has 0 amide bonds. The lowest BCUT2D eigenvalue weighted by Gasteiger charge is -2.19. The predicted octanol–water partition coefficient (Wildman–Crippen LogP) is 29.5. The van der Waals surface area contributed by atoms with E-state index in [1.54, 1.807) is 0 Å². The molecular formula is C104H63NO2. The van der Waals surface area contributed by atoms with Crippen molar-refractivity contribution in [1.82, 2.24) is 4.57 Å². The SMILES string of the molecule is c1ccc(-n2c3ccccc3c3c(-c4cccc5c4oc4ccc(-c6c7ccccc7c(-c7ccc8ccccc8c7)c7ccccc67)cc45)cccc32)cc1.c1ccc2cc(-c3c4ccccc4c(-c4ccc(-c5cc6ccccc6c6ccccc56)c5oc6ccccc6c45)c4ccccc34)ccc2c1. The third-order valence-electron chi connectivity index (χ3n) is 22.6. The molecule has 0 fully saturated rings. The fourth-order valence-corrected chi connectivity index (χ4v) is 18.0. The van der Waals surface area contributed by atoms with Crippen LogP contribution in [0.1, 0.15) is 0 Å². The fourth-order valence-electron chi connectivity index (χ4n) is 18.0. The Bertz CT molecular complexity index is 7520. The van der Waals surface area contributed by atoms with Gasteiger partial charge in [0.25, 0.3) is 0 Å². The number of benzene rings is 20. The maximum absolute atomic E-state index is 6.92. The second-order valence-electron chi connectivity index (χ2n) is 28.3. The molecule has 3 heterocycles. The molecule has 3 nitrogen and oxygen atoms in total. The highest BCUT2D eigenvalue weighted by Gasteiger charge is 2.26. The highest BCUT2D eigenvalue weighted by atomic mass is 16.3. The van der Waals surface area contributed by atoms with Gasteiger partial charge < -0.3 is 13.4 Å². The van der Waals surface area contributed by atoms with Crippen molar-refractivity contribution in [3.63, 3.8) is 0 Å². The Labute approximate surface area is 615 Å². The van der Waals surface area contributed by atoms with Gasteiger partial charge in [-0.3, -0.25) is 0 Å². The summed E-state index contributed by atoms with van der Waals surface area (Å²) >= 11 is 0. The molecule has 0 aliphatic rings. The summed E-state index contributed by atoms with van der Waals surface area (Å²) in [5, 5.41) is 26.8. The van der Waals surface area contributed by atoms with E-state index in [0.29, 0.717) is 0 Å². The average Bonchev–Trinajstić information content (AvgIpc) is 1.54. The summed E-state index contributed by atoms with van der Waals surface area (Å²) in [6.07, 6.45) is 0. The molecular weight excluding hydrogens is 1300 g/mol. The molecule has 0 N–H and O–H groups in total. The largest absolute Gasteiger partial charge is 0.455 e. The van der Waals surface area contributed by atoms with E-state index in [9.17, 15) is 0 Å². The van der Waals surface area contributed by atoms with E-state index in [1.807, 2.05) is 0 Å². The topological polar surface area (TPSA) is 31.2 Å². The Balaban J connectivity index is 0.000000134. The highest BCUT2D eigenvalue weighted by molar-refractivity contribution is 6.29. The molecule has 0 aliphatic carbocycles. The number of aromatic nitrogens is 1. The number of rotatable bonds is 7. The van der Waals surface area contributed by atoms with E-state index in [2.05, 4.69) is 387 Å². The van der Waals surface area contributed by atoms with Crippen molar-refractivity contribution in [2.45, 2.75) is 0 Å². The van der Waals surface area contributed by atoms with E-state index in [-0.39, 0.29) is 0 Å². The van der Waals surface area contributed by atoms with Gasteiger partial charge in [-0.15, -0.1) is 0 Å². The summed E-state index contributed by atoms with van der Waals surface area (Å²) in [6.45, 7) is 0. The first-order valence-electron chi connectivity index (χ1n) is 36.9. The number of hydrogen-bond acceptors (Lipinski definition) is 2. The third kappa shape index (κ3) is 9.48. The van der Waals surface area contributed by atoms with Crippen LogP contribution in [0.2, 0.25) is 0 Å². The summed E-state index contributed by atoms with van der Waals surface area (Å²) in [4.78, 5) is 0. The minimum atomic E-state index is 0.886. The molecule has 0 atom stereocenters. The van der Waals surface area contributed by atoms with Gasteiger partial charge in [-0.2, -0.15) is 0 Å². The van der Waals surface area contributed by atoms with Gasteiger partial charge in [0.05, 0.1) is 11.0 Å². The van der Waals surface area contributed by atoms with Crippen LogP contribution in [0.15, 0.2) is 391 Å². The number of para-hydroxylation sites is 4. The van der Waals surface area contributed by atoms with Crippen LogP contribution in [0.3, 0.4) is 0 Å². The van der Waals surface area contributed by atoms with Gasteiger partial charge in [-0.1, -0.05) is 315 Å². The summed E-state index contributed by atoms with van der Waals surface area (Å²) < 4.78 is 16.2. The summed E-state index contributed by atoms with van der Waals surface area (Å²) in [5.41, 5.74) is 21.5. The van der Waals surface area contributed by atoms with Crippen LogP contribution in [0.4, 0.5) is 0 Å². The fraction of sp³-hybridized carbons (Fsp3) is 0. The number of fused-ring (bicyclic) bond motifs is 18. The maximum atomic E-state index is 6.92. The standard InChI is InChI=1S/C54H33NO.C50H30O/c1-2-16-38(17-3-1)55-48-26-11-10-22-46(48)53-43(23-13-27-49(53)55)44-24-12-25-45-47-33-37(30-31-50(47)56-54(44)45)52-41-20-8-6-18-39(41)51(40-19-7-9-21-42(40)52)36-29-28-34-14-4-5-15-35(34)32-36;1-2-14-32-29-34(26-25-31(32)13-1)47-38-19-7-9-21-40(38)48(41-22-10-8-20-39(41)47)44-28-27-42(50-49(44)43-23-11-12-24-46(43)51-50)45-30-33-15-3-4-16-35(33)36-17-5-6-18-37(36)45/h1-33H;1-30H. The molecule has 0 saturated carbocycles. The minimum Gasteiger partial charge on any atom is -0.455 e. The minimum absolute atomic E-state index is 0.886. The van der Waals surface area contributed by atoms with Gasteiger partial charge >= 0.3 is 0 Å².